The molecule has 0 N–H and O–H groups in total. The van der Waals surface area contributed by atoms with Crippen LogP contribution in [0.1, 0.15) is 13.8 Å². The standard InChI is InChI=1S/C18H23O2P/c1-14(12-19-16-6-4-3-5-7-16)15(2)13-20-17-8-10-18(21)11-9-17/h3-11,14-15H,12-13,21H2,1-2H3. The van der Waals surface area contributed by atoms with Crippen molar-refractivity contribution in [1.82, 2.24) is 0 Å². The predicted octanol–water partition coefficient (Wildman–Crippen LogP) is 3.92. The average Bonchev–Trinajstić information content (AvgIpc) is 2.52. The topological polar surface area (TPSA) is 18.5 Å². The number of rotatable bonds is 7. The summed E-state index contributed by atoms with van der Waals surface area (Å²) in [5.41, 5.74) is 0. The Balaban J connectivity index is 1.74. The lowest BCUT2D eigenvalue weighted by Crippen LogP contribution is -2.22. The number of ether oxygens (including phenoxy) is 2. The van der Waals surface area contributed by atoms with Crippen LogP contribution in [0.4, 0.5) is 0 Å². The largest absolute Gasteiger partial charge is 0.493 e. The maximum absolute atomic E-state index is 5.83. The monoisotopic (exact) mass is 302 g/mol. The van der Waals surface area contributed by atoms with E-state index < -0.39 is 0 Å². The molecule has 0 aliphatic rings. The lowest BCUT2D eigenvalue weighted by Gasteiger charge is -2.20. The number of hydrogen-bond acceptors (Lipinski definition) is 2. The van der Waals surface area contributed by atoms with Crippen LogP contribution in [-0.4, -0.2) is 13.2 Å². The Bertz CT molecular complexity index is 525. The summed E-state index contributed by atoms with van der Waals surface area (Å²) in [5.74, 6) is 2.72. The Hall–Kier alpha value is -1.53. The van der Waals surface area contributed by atoms with E-state index in [2.05, 4.69) is 23.1 Å². The van der Waals surface area contributed by atoms with Crippen molar-refractivity contribution in [3.63, 3.8) is 0 Å². The lowest BCUT2D eigenvalue weighted by molar-refractivity contribution is 0.163. The second kappa shape index (κ2) is 8.05. The molecule has 2 aromatic rings. The van der Waals surface area contributed by atoms with Crippen molar-refractivity contribution >= 4 is 14.5 Å². The summed E-state index contributed by atoms with van der Waals surface area (Å²) >= 11 is 0. The third-order valence-corrected chi connectivity index (χ3v) is 4.01. The minimum absolute atomic E-state index is 0.435. The molecule has 3 heteroatoms. The average molecular weight is 302 g/mol. The molecule has 2 aromatic carbocycles. The fourth-order valence-electron chi connectivity index (χ4n) is 1.86. The normalized spacial score (nSPS) is 13.5. The molecule has 0 aliphatic carbocycles. The highest BCUT2D eigenvalue weighted by Gasteiger charge is 2.14. The Morgan fingerprint density at radius 2 is 1.24 bits per heavy atom. The van der Waals surface area contributed by atoms with Crippen molar-refractivity contribution in [2.45, 2.75) is 13.8 Å². The molecular weight excluding hydrogens is 279 g/mol. The minimum Gasteiger partial charge on any atom is -0.493 e. The summed E-state index contributed by atoms with van der Waals surface area (Å²) in [6.07, 6.45) is 0. The van der Waals surface area contributed by atoms with Gasteiger partial charge in [0.25, 0.3) is 0 Å². The number of benzene rings is 2. The van der Waals surface area contributed by atoms with E-state index in [9.17, 15) is 0 Å². The maximum Gasteiger partial charge on any atom is 0.119 e. The number of hydrogen-bond donors (Lipinski definition) is 0. The van der Waals surface area contributed by atoms with Gasteiger partial charge in [-0.1, -0.05) is 44.2 Å². The smallest absolute Gasteiger partial charge is 0.119 e. The van der Waals surface area contributed by atoms with E-state index in [0.717, 1.165) is 11.5 Å². The second-order valence-corrected chi connectivity index (χ2v) is 6.13. The fourth-order valence-corrected chi connectivity index (χ4v) is 2.06. The van der Waals surface area contributed by atoms with Crippen molar-refractivity contribution in [3.8, 4) is 11.5 Å². The van der Waals surface area contributed by atoms with Crippen molar-refractivity contribution < 1.29 is 9.47 Å². The predicted molar refractivity (Wildman–Crippen MR) is 91.5 cm³/mol. The van der Waals surface area contributed by atoms with Gasteiger partial charge in [0.15, 0.2) is 0 Å². The van der Waals surface area contributed by atoms with E-state index in [4.69, 9.17) is 9.47 Å². The molecule has 0 radical (unpaired) electrons. The summed E-state index contributed by atoms with van der Waals surface area (Å²) in [6.45, 7) is 5.81. The molecule has 2 rings (SSSR count). The minimum atomic E-state index is 0.435. The highest BCUT2D eigenvalue weighted by atomic mass is 31.0. The summed E-state index contributed by atoms with van der Waals surface area (Å²) in [5, 5.41) is 1.17. The molecule has 21 heavy (non-hydrogen) atoms. The molecule has 0 bridgehead atoms. The highest BCUT2D eigenvalue weighted by Crippen LogP contribution is 2.17. The molecule has 2 nitrogen and oxygen atoms in total. The van der Waals surface area contributed by atoms with Gasteiger partial charge in [-0.2, -0.15) is 0 Å². The molecule has 0 saturated heterocycles. The molecule has 3 unspecified atom stereocenters. The maximum atomic E-state index is 5.83. The van der Waals surface area contributed by atoms with E-state index in [-0.39, 0.29) is 0 Å². The highest BCUT2D eigenvalue weighted by molar-refractivity contribution is 7.27. The molecule has 0 amide bonds. The molecule has 0 heterocycles. The Labute approximate surface area is 129 Å². The zero-order valence-electron chi connectivity index (χ0n) is 12.7. The quantitative estimate of drug-likeness (QED) is 0.722. The molecule has 3 atom stereocenters. The Morgan fingerprint density at radius 3 is 1.76 bits per heavy atom. The molecule has 0 aliphatic heterocycles. The summed E-state index contributed by atoms with van der Waals surface area (Å²) < 4.78 is 11.6. The van der Waals surface area contributed by atoms with Crippen LogP contribution in [0.15, 0.2) is 54.6 Å². The molecule has 0 saturated carbocycles. The van der Waals surface area contributed by atoms with Crippen molar-refractivity contribution in [1.29, 1.82) is 0 Å². The van der Waals surface area contributed by atoms with Crippen LogP contribution in [0.3, 0.4) is 0 Å². The summed E-state index contributed by atoms with van der Waals surface area (Å²) in [4.78, 5) is 0. The van der Waals surface area contributed by atoms with Gasteiger partial charge in [-0.3, -0.25) is 0 Å². The SMILES string of the molecule is CC(COc1ccccc1)C(C)COc1ccc(P)cc1. The van der Waals surface area contributed by atoms with Crippen LogP contribution in [0.2, 0.25) is 0 Å². The van der Waals surface area contributed by atoms with Gasteiger partial charge in [-0.25, -0.2) is 0 Å². The lowest BCUT2D eigenvalue weighted by atomic mass is 9.98. The van der Waals surface area contributed by atoms with Gasteiger partial charge < -0.3 is 9.47 Å². The third kappa shape index (κ3) is 5.40. The van der Waals surface area contributed by atoms with E-state index in [1.807, 2.05) is 54.6 Å². The second-order valence-electron chi connectivity index (χ2n) is 5.46. The van der Waals surface area contributed by atoms with E-state index in [0.29, 0.717) is 25.0 Å². The van der Waals surface area contributed by atoms with Crippen molar-refractivity contribution in [2.24, 2.45) is 11.8 Å². The zero-order valence-corrected chi connectivity index (χ0v) is 13.8. The first-order valence-electron chi connectivity index (χ1n) is 7.31. The van der Waals surface area contributed by atoms with Crippen LogP contribution in [0, 0.1) is 11.8 Å². The Kier molecular flexibility index (Phi) is 6.07. The van der Waals surface area contributed by atoms with Gasteiger partial charge in [0, 0.05) is 0 Å². The molecule has 0 aromatic heterocycles. The summed E-state index contributed by atoms with van der Waals surface area (Å²) in [7, 11) is 2.67. The van der Waals surface area contributed by atoms with E-state index >= 15 is 0 Å². The zero-order chi connectivity index (χ0) is 15.1. The van der Waals surface area contributed by atoms with Crippen LogP contribution < -0.4 is 14.8 Å². The first kappa shape index (κ1) is 15.9. The van der Waals surface area contributed by atoms with Gasteiger partial charge in [-0.05, 0) is 41.4 Å². The first-order valence-corrected chi connectivity index (χ1v) is 7.89. The van der Waals surface area contributed by atoms with E-state index in [1.165, 1.54) is 5.30 Å². The van der Waals surface area contributed by atoms with Crippen LogP contribution in [0.5, 0.6) is 11.5 Å². The van der Waals surface area contributed by atoms with Gasteiger partial charge in [-0.15, -0.1) is 9.24 Å². The van der Waals surface area contributed by atoms with Crippen LogP contribution >= 0.6 is 9.24 Å². The van der Waals surface area contributed by atoms with Crippen LogP contribution in [-0.2, 0) is 0 Å². The van der Waals surface area contributed by atoms with Crippen LogP contribution in [0.25, 0.3) is 0 Å². The fraction of sp³-hybridized carbons (Fsp3) is 0.333. The van der Waals surface area contributed by atoms with Gasteiger partial charge in [0.05, 0.1) is 13.2 Å². The number of para-hydroxylation sites is 1. The van der Waals surface area contributed by atoms with E-state index in [1.54, 1.807) is 0 Å². The van der Waals surface area contributed by atoms with Crippen molar-refractivity contribution in [2.75, 3.05) is 13.2 Å². The molecule has 0 fully saturated rings. The van der Waals surface area contributed by atoms with Gasteiger partial charge >= 0.3 is 0 Å². The van der Waals surface area contributed by atoms with Gasteiger partial charge in [0.2, 0.25) is 0 Å². The first-order chi connectivity index (χ1) is 10.1. The molecular formula is C18H23O2P. The molecule has 0 spiro atoms. The van der Waals surface area contributed by atoms with Crippen molar-refractivity contribution in [3.05, 3.63) is 54.6 Å². The third-order valence-electron chi connectivity index (χ3n) is 3.62. The van der Waals surface area contributed by atoms with Gasteiger partial charge in [0.1, 0.15) is 11.5 Å². The Morgan fingerprint density at radius 1 is 0.762 bits per heavy atom. The summed E-state index contributed by atoms with van der Waals surface area (Å²) in [6, 6.07) is 18.0. The molecule has 112 valence electrons.